The fourth-order valence-corrected chi connectivity index (χ4v) is 4.29. The summed E-state index contributed by atoms with van der Waals surface area (Å²) in [6.07, 6.45) is 10.3. The van der Waals surface area contributed by atoms with Gasteiger partial charge in [0.15, 0.2) is 5.82 Å². The van der Waals surface area contributed by atoms with Crippen LogP contribution in [0, 0.1) is 5.92 Å². The average Bonchev–Trinajstić information content (AvgIpc) is 2.85. The Morgan fingerprint density at radius 3 is 2.09 bits per heavy atom. The van der Waals surface area contributed by atoms with Crippen LogP contribution >= 0.6 is 0 Å². The zero-order chi connectivity index (χ0) is 22.3. The second-order valence-electron chi connectivity index (χ2n) is 8.34. The summed E-state index contributed by atoms with van der Waals surface area (Å²) < 4.78 is 10.9. The Bertz CT molecular complexity index is 1010. The van der Waals surface area contributed by atoms with E-state index < -0.39 is 5.97 Å². The normalized spacial score (nSPS) is 18.2. The predicted molar refractivity (Wildman–Crippen MR) is 125 cm³/mol. The van der Waals surface area contributed by atoms with Crippen molar-refractivity contribution in [1.82, 2.24) is 9.97 Å². The van der Waals surface area contributed by atoms with Crippen LogP contribution in [0.1, 0.15) is 67.8 Å². The van der Waals surface area contributed by atoms with Gasteiger partial charge in [-0.05, 0) is 98.5 Å². The first-order chi connectivity index (χ1) is 15.7. The molecule has 166 valence electrons. The average molecular weight is 431 g/mol. The van der Waals surface area contributed by atoms with Crippen LogP contribution in [0.4, 0.5) is 0 Å². The highest BCUT2D eigenvalue weighted by atomic mass is 16.5. The van der Waals surface area contributed by atoms with E-state index in [0.717, 1.165) is 17.2 Å². The maximum Gasteiger partial charge on any atom is 0.343 e. The van der Waals surface area contributed by atoms with Crippen LogP contribution in [0.25, 0.3) is 11.4 Å². The number of nitrogens with zero attached hydrogens (tertiary/aromatic N) is 2. The number of esters is 1. The Morgan fingerprint density at radius 1 is 0.875 bits per heavy atom. The third kappa shape index (κ3) is 5.34. The summed E-state index contributed by atoms with van der Waals surface area (Å²) in [5.74, 6) is 2.95. The van der Waals surface area contributed by atoms with E-state index >= 15 is 0 Å². The van der Waals surface area contributed by atoms with Crippen molar-refractivity contribution >= 4 is 5.97 Å². The summed E-state index contributed by atoms with van der Waals surface area (Å²) in [5, 5.41) is 0. The van der Waals surface area contributed by atoms with Crippen molar-refractivity contribution in [2.75, 3.05) is 6.61 Å². The summed E-state index contributed by atoms with van der Waals surface area (Å²) in [7, 11) is 0. The van der Waals surface area contributed by atoms with Crippen molar-refractivity contribution in [3.8, 4) is 22.9 Å². The third-order valence-corrected chi connectivity index (χ3v) is 6.29. The molecule has 0 spiro atoms. The molecule has 5 nitrogen and oxygen atoms in total. The lowest BCUT2D eigenvalue weighted by Gasteiger charge is -2.27. The molecule has 0 amide bonds. The molecule has 32 heavy (non-hydrogen) atoms. The van der Waals surface area contributed by atoms with Gasteiger partial charge in [-0.2, -0.15) is 0 Å². The largest absolute Gasteiger partial charge is 0.494 e. The molecule has 5 heteroatoms. The fraction of sp³-hybridized carbons (Fsp3) is 0.370. The van der Waals surface area contributed by atoms with Gasteiger partial charge in [-0.3, -0.25) is 0 Å². The van der Waals surface area contributed by atoms with Crippen molar-refractivity contribution in [3.05, 3.63) is 72.1 Å². The van der Waals surface area contributed by atoms with E-state index in [1.54, 1.807) is 36.4 Å². The molecule has 0 radical (unpaired) electrons. The molecule has 1 saturated carbocycles. The van der Waals surface area contributed by atoms with E-state index in [9.17, 15) is 4.79 Å². The molecule has 0 N–H and O–H groups in total. The number of aromatic nitrogens is 2. The standard InChI is InChI=1S/C27H30N2O3/c1-3-19-5-7-20(8-6-19)23-17-28-26(29-18-23)21-9-15-25(16-10-21)32-27(30)22-11-13-24(14-12-22)31-4-2/h9-20H,3-8H2,1-2H3. The van der Waals surface area contributed by atoms with Gasteiger partial charge < -0.3 is 9.47 Å². The zero-order valence-electron chi connectivity index (χ0n) is 18.8. The Balaban J connectivity index is 1.36. The van der Waals surface area contributed by atoms with Crippen molar-refractivity contribution in [3.63, 3.8) is 0 Å². The summed E-state index contributed by atoms with van der Waals surface area (Å²) in [4.78, 5) is 21.6. The minimum absolute atomic E-state index is 0.404. The number of carbonyl (C=O) groups excluding carboxylic acids is 1. The van der Waals surface area contributed by atoms with Gasteiger partial charge in [0, 0.05) is 18.0 Å². The first-order valence-electron chi connectivity index (χ1n) is 11.5. The molecule has 0 saturated heterocycles. The van der Waals surface area contributed by atoms with Crippen LogP contribution in [0.3, 0.4) is 0 Å². The molecule has 0 atom stereocenters. The SMILES string of the molecule is CCOc1ccc(C(=O)Oc2ccc(-c3ncc(C4CCC(CC)CC4)cn3)cc2)cc1. The maximum absolute atomic E-state index is 12.4. The van der Waals surface area contributed by atoms with E-state index in [1.807, 2.05) is 31.5 Å². The number of hydrogen-bond acceptors (Lipinski definition) is 5. The third-order valence-electron chi connectivity index (χ3n) is 6.29. The van der Waals surface area contributed by atoms with Crippen LogP contribution in [0.5, 0.6) is 11.5 Å². The highest BCUT2D eigenvalue weighted by Crippen LogP contribution is 2.36. The predicted octanol–water partition coefficient (Wildman–Crippen LogP) is 6.45. The van der Waals surface area contributed by atoms with Gasteiger partial charge in [-0.25, -0.2) is 14.8 Å². The minimum Gasteiger partial charge on any atom is -0.494 e. The summed E-state index contributed by atoms with van der Waals surface area (Å²) in [6, 6.07) is 14.2. The van der Waals surface area contributed by atoms with Crippen LogP contribution in [0.2, 0.25) is 0 Å². The molecule has 1 aromatic heterocycles. The number of ether oxygens (including phenoxy) is 2. The fourth-order valence-electron chi connectivity index (χ4n) is 4.29. The quantitative estimate of drug-likeness (QED) is 0.319. The van der Waals surface area contributed by atoms with E-state index in [0.29, 0.717) is 29.7 Å². The van der Waals surface area contributed by atoms with Gasteiger partial charge in [-0.15, -0.1) is 0 Å². The summed E-state index contributed by atoms with van der Waals surface area (Å²) in [5.41, 5.74) is 2.61. The van der Waals surface area contributed by atoms with E-state index in [1.165, 1.54) is 37.7 Å². The second-order valence-corrected chi connectivity index (χ2v) is 8.34. The highest BCUT2D eigenvalue weighted by Gasteiger charge is 2.21. The van der Waals surface area contributed by atoms with Gasteiger partial charge in [0.2, 0.25) is 0 Å². The summed E-state index contributed by atoms with van der Waals surface area (Å²) in [6.45, 7) is 4.79. The summed E-state index contributed by atoms with van der Waals surface area (Å²) >= 11 is 0. The van der Waals surface area contributed by atoms with Crippen molar-refractivity contribution in [2.24, 2.45) is 5.92 Å². The highest BCUT2D eigenvalue weighted by molar-refractivity contribution is 5.91. The van der Waals surface area contributed by atoms with Gasteiger partial charge in [-0.1, -0.05) is 13.3 Å². The lowest BCUT2D eigenvalue weighted by Crippen LogP contribution is -2.13. The lowest BCUT2D eigenvalue weighted by molar-refractivity contribution is 0.0734. The number of benzene rings is 2. The topological polar surface area (TPSA) is 61.3 Å². The number of rotatable bonds is 7. The van der Waals surface area contributed by atoms with Gasteiger partial charge in [0.25, 0.3) is 0 Å². The molecule has 0 bridgehead atoms. The lowest BCUT2D eigenvalue weighted by atomic mass is 9.78. The number of hydrogen-bond donors (Lipinski definition) is 0. The molecule has 1 fully saturated rings. The molecule has 1 aliphatic carbocycles. The first-order valence-corrected chi connectivity index (χ1v) is 11.5. The molecule has 3 aromatic rings. The smallest absolute Gasteiger partial charge is 0.343 e. The van der Waals surface area contributed by atoms with Crippen molar-refractivity contribution in [2.45, 2.75) is 51.9 Å². The Morgan fingerprint density at radius 2 is 1.50 bits per heavy atom. The second kappa shape index (κ2) is 10.4. The molecule has 2 aromatic carbocycles. The molecule has 0 aliphatic heterocycles. The number of carbonyl (C=O) groups is 1. The Hall–Kier alpha value is -3.21. The molecule has 1 aliphatic rings. The maximum atomic E-state index is 12.4. The molecular weight excluding hydrogens is 400 g/mol. The van der Waals surface area contributed by atoms with Gasteiger partial charge in [0.1, 0.15) is 11.5 Å². The van der Waals surface area contributed by atoms with Crippen molar-refractivity contribution in [1.29, 1.82) is 0 Å². The molecular formula is C27H30N2O3. The van der Waals surface area contributed by atoms with Crippen LogP contribution in [-0.2, 0) is 0 Å². The monoisotopic (exact) mass is 430 g/mol. The van der Waals surface area contributed by atoms with E-state index in [4.69, 9.17) is 9.47 Å². The van der Waals surface area contributed by atoms with Crippen LogP contribution in [-0.4, -0.2) is 22.5 Å². The minimum atomic E-state index is -0.404. The Labute approximate surface area is 189 Å². The zero-order valence-corrected chi connectivity index (χ0v) is 18.8. The Kier molecular flexibility index (Phi) is 7.15. The van der Waals surface area contributed by atoms with Crippen molar-refractivity contribution < 1.29 is 14.3 Å². The van der Waals surface area contributed by atoms with Gasteiger partial charge in [0.05, 0.1) is 12.2 Å². The molecule has 4 rings (SSSR count). The van der Waals surface area contributed by atoms with Crippen LogP contribution in [0.15, 0.2) is 60.9 Å². The molecule has 0 unspecified atom stereocenters. The van der Waals surface area contributed by atoms with E-state index in [-0.39, 0.29) is 0 Å². The van der Waals surface area contributed by atoms with Crippen LogP contribution < -0.4 is 9.47 Å². The van der Waals surface area contributed by atoms with Gasteiger partial charge >= 0.3 is 5.97 Å². The first kappa shape index (κ1) is 22.0. The van der Waals surface area contributed by atoms with E-state index in [2.05, 4.69) is 16.9 Å². The molecule has 1 heterocycles.